The van der Waals surface area contributed by atoms with E-state index in [0.29, 0.717) is 24.6 Å². The summed E-state index contributed by atoms with van der Waals surface area (Å²) in [5, 5.41) is 0. The van der Waals surface area contributed by atoms with Crippen molar-refractivity contribution in [3.05, 3.63) is 24.3 Å². The first-order valence-electron chi connectivity index (χ1n) is 6.57. The van der Waals surface area contributed by atoms with E-state index in [1.54, 1.807) is 0 Å². The van der Waals surface area contributed by atoms with Gasteiger partial charge in [-0.05, 0) is 24.0 Å². The molecular weight excluding hydrogens is 272 g/mol. The second-order valence-electron chi connectivity index (χ2n) is 4.77. The predicted molar refractivity (Wildman–Crippen MR) is 68.8 cm³/mol. The average molecular weight is 288 g/mol. The SMILES string of the molecule is CCCC1COB(c2ccc(OC(F)(F)F)cc2)OC1. The number of ether oxygens (including phenoxy) is 1. The largest absolute Gasteiger partial charge is 0.573 e. The van der Waals surface area contributed by atoms with Gasteiger partial charge in [0, 0.05) is 19.1 Å². The fraction of sp³-hybridized carbons (Fsp3) is 0.538. The van der Waals surface area contributed by atoms with Gasteiger partial charge in [-0.1, -0.05) is 25.5 Å². The van der Waals surface area contributed by atoms with Gasteiger partial charge in [-0.3, -0.25) is 0 Å². The molecule has 0 amide bonds. The van der Waals surface area contributed by atoms with Crippen molar-refractivity contribution in [1.29, 1.82) is 0 Å². The third-order valence-corrected chi connectivity index (χ3v) is 3.05. The van der Waals surface area contributed by atoms with E-state index < -0.39 is 13.5 Å². The molecule has 7 heteroatoms. The van der Waals surface area contributed by atoms with Crippen LogP contribution in [0.3, 0.4) is 0 Å². The van der Waals surface area contributed by atoms with Crippen LogP contribution in [0.2, 0.25) is 0 Å². The van der Waals surface area contributed by atoms with E-state index in [1.165, 1.54) is 24.3 Å². The number of halogens is 3. The average Bonchev–Trinajstić information content (AvgIpc) is 2.39. The Balaban J connectivity index is 1.91. The van der Waals surface area contributed by atoms with E-state index in [0.717, 1.165) is 12.8 Å². The Morgan fingerprint density at radius 2 is 1.80 bits per heavy atom. The summed E-state index contributed by atoms with van der Waals surface area (Å²) >= 11 is 0. The van der Waals surface area contributed by atoms with Crippen LogP contribution in [0.4, 0.5) is 13.2 Å². The second kappa shape index (κ2) is 6.50. The number of benzene rings is 1. The monoisotopic (exact) mass is 288 g/mol. The molecule has 1 aromatic carbocycles. The molecule has 1 heterocycles. The summed E-state index contributed by atoms with van der Waals surface area (Å²) < 4.78 is 51.1. The lowest BCUT2D eigenvalue weighted by atomic mass is 9.77. The molecule has 0 unspecified atom stereocenters. The van der Waals surface area contributed by atoms with E-state index in [4.69, 9.17) is 9.31 Å². The van der Waals surface area contributed by atoms with Crippen molar-refractivity contribution in [2.24, 2.45) is 5.92 Å². The molecule has 1 aromatic rings. The molecule has 0 N–H and O–H groups in total. The van der Waals surface area contributed by atoms with Gasteiger partial charge in [-0.15, -0.1) is 13.2 Å². The summed E-state index contributed by atoms with van der Waals surface area (Å²) in [6.07, 6.45) is -2.55. The van der Waals surface area contributed by atoms with Crippen LogP contribution in [-0.2, 0) is 9.31 Å². The first-order chi connectivity index (χ1) is 9.48. The highest BCUT2D eigenvalue weighted by atomic mass is 19.4. The zero-order valence-electron chi connectivity index (χ0n) is 11.2. The quantitative estimate of drug-likeness (QED) is 0.797. The third-order valence-electron chi connectivity index (χ3n) is 3.05. The molecule has 1 aliphatic heterocycles. The van der Waals surface area contributed by atoms with Gasteiger partial charge in [-0.25, -0.2) is 0 Å². The lowest BCUT2D eigenvalue weighted by Crippen LogP contribution is -2.44. The van der Waals surface area contributed by atoms with Gasteiger partial charge in [0.05, 0.1) is 0 Å². The minimum atomic E-state index is -4.67. The lowest BCUT2D eigenvalue weighted by Gasteiger charge is -2.27. The summed E-state index contributed by atoms with van der Waals surface area (Å²) in [6, 6.07) is 5.55. The van der Waals surface area contributed by atoms with Gasteiger partial charge >= 0.3 is 13.5 Å². The van der Waals surface area contributed by atoms with Crippen LogP contribution in [0.5, 0.6) is 5.75 Å². The van der Waals surface area contributed by atoms with Crippen molar-refractivity contribution in [1.82, 2.24) is 0 Å². The lowest BCUT2D eigenvalue weighted by molar-refractivity contribution is -0.274. The van der Waals surface area contributed by atoms with E-state index in [1.807, 2.05) is 0 Å². The molecule has 20 heavy (non-hydrogen) atoms. The summed E-state index contributed by atoms with van der Waals surface area (Å²) in [7, 11) is -0.511. The van der Waals surface area contributed by atoms with Crippen LogP contribution in [0.1, 0.15) is 19.8 Å². The van der Waals surface area contributed by atoms with Crippen LogP contribution >= 0.6 is 0 Å². The van der Waals surface area contributed by atoms with Crippen LogP contribution in [0, 0.1) is 5.92 Å². The predicted octanol–water partition coefficient (Wildman–Crippen LogP) is 2.74. The maximum absolute atomic E-state index is 12.0. The molecular formula is C13H16BF3O3. The van der Waals surface area contributed by atoms with Gasteiger partial charge in [0.15, 0.2) is 0 Å². The number of hydrogen-bond acceptors (Lipinski definition) is 3. The second-order valence-corrected chi connectivity index (χ2v) is 4.77. The van der Waals surface area contributed by atoms with E-state index in [-0.39, 0.29) is 5.75 Å². The van der Waals surface area contributed by atoms with Crippen molar-refractivity contribution in [3.63, 3.8) is 0 Å². The zero-order chi connectivity index (χ0) is 14.6. The summed E-state index contributed by atoms with van der Waals surface area (Å²) in [5.41, 5.74) is 0.689. The van der Waals surface area contributed by atoms with E-state index in [2.05, 4.69) is 11.7 Å². The fourth-order valence-corrected chi connectivity index (χ4v) is 2.14. The Morgan fingerprint density at radius 1 is 1.20 bits per heavy atom. The normalized spacial score (nSPS) is 17.3. The summed E-state index contributed by atoms with van der Waals surface area (Å²) in [5.74, 6) is 0.144. The van der Waals surface area contributed by atoms with Gasteiger partial charge in [0.2, 0.25) is 0 Å². The molecule has 0 aromatic heterocycles. The van der Waals surface area contributed by atoms with E-state index >= 15 is 0 Å². The molecule has 0 aliphatic carbocycles. The molecule has 0 atom stereocenters. The Labute approximate surface area is 116 Å². The fourth-order valence-electron chi connectivity index (χ4n) is 2.14. The first-order valence-corrected chi connectivity index (χ1v) is 6.57. The van der Waals surface area contributed by atoms with Crippen molar-refractivity contribution in [3.8, 4) is 5.75 Å². The molecule has 1 aliphatic rings. The third kappa shape index (κ3) is 4.42. The van der Waals surface area contributed by atoms with Crippen molar-refractivity contribution in [2.75, 3.05) is 13.2 Å². The molecule has 1 saturated heterocycles. The minimum absolute atomic E-state index is 0.249. The number of rotatable bonds is 4. The van der Waals surface area contributed by atoms with Gasteiger partial charge < -0.3 is 14.0 Å². The molecule has 1 fully saturated rings. The van der Waals surface area contributed by atoms with Crippen molar-refractivity contribution >= 4 is 12.6 Å². The molecule has 0 saturated carbocycles. The van der Waals surface area contributed by atoms with Gasteiger partial charge in [0.1, 0.15) is 5.75 Å². The molecule has 110 valence electrons. The Kier molecular flexibility index (Phi) is 4.93. The Bertz CT molecular complexity index is 414. The van der Waals surface area contributed by atoms with Crippen LogP contribution in [0.25, 0.3) is 0 Å². The first kappa shape index (κ1) is 15.2. The number of alkyl halides is 3. The molecule has 2 rings (SSSR count). The Morgan fingerprint density at radius 3 is 2.30 bits per heavy atom. The molecule has 0 spiro atoms. The maximum atomic E-state index is 12.0. The standard InChI is InChI=1S/C13H16BF3O3/c1-2-3-10-8-18-14(19-9-10)11-4-6-12(7-5-11)20-13(15,16)17/h4-7,10H,2-3,8-9H2,1H3. The highest BCUT2D eigenvalue weighted by Gasteiger charge is 2.32. The zero-order valence-corrected chi connectivity index (χ0v) is 11.2. The summed E-state index contributed by atoms with van der Waals surface area (Å²) in [4.78, 5) is 0. The highest BCUT2D eigenvalue weighted by Crippen LogP contribution is 2.22. The molecule has 0 bridgehead atoms. The minimum Gasteiger partial charge on any atom is -0.407 e. The maximum Gasteiger partial charge on any atom is 0.573 e. The molecule has 0 radical (unpaired) electrons. The highest BCUT2D eigenvalue weighted by molar-refractivity contribution is 6.61. The topological polar surface area (TPSA) is 27.7 Å². The summed E-state index contributed by atoms with van der Waals surface area (Å²) in [6.45, 7) is 3.32. The van der Waals surface area contributed by atoms with Crippen LogP contribution in [-0.4, -0.2) is 26.7 Å². The van der Waals surface area contributed by atoms with Gasteiger partial charge in [-0.2, -0.15) is 0 Å². The van der Waals surface area contributed by atoms with Crippen LogP contribution < -0.4 is 10.2 Å². The number of hydrogen-bond donors (Lipinski definition) is 0. The van der Waals surface area contributed by atoms with E-state index in [9.17, 15) is 13.2 Å². The van der Waals surface area contributed by atoms with Crippen molar-refractivity contribution < 1.29 is 27.2 Å². The van der Waals surface area contributed by atoms with Crippen molar-refractivity contribution in [2.45, 2.75) is 26.1 Å². The smallest absolute Gasteiger partial charge is 0.407 e. The Hall–Kier alpha value is -1.21. The van der Waals surface area contributed by atoms with Gasteiger partial charge in [0.25, 0.3) is 0 Å². The molecule has 3 nitrogen and oxygen atoms in total. The van der Waals surface area contributed by atoms with Crippen LogP contribution in [0.15, 0.2) is 24.3 Å².